The smallest absolute Gasteiger partial charge is 0.267 e. The molecule has 8 heteroatoms. The van der Waals surface area contributed by atoms with Gasteiger partial charge in [-0.3, -0.25) is 4.79 Å². The summed E-state index contributed by atoms with van der Waals surface area (Å²) in [7, 11) is 0. The molecule has 3 rings (SSSR count). The Labute approximate surface area is 82.1 Å². The lowest BCUT2D eigenvalue weighted by Gasteiger charge is -1.98. The van der Waals surface area contributed by atoms with Crippen LogP contribution in [-0.4, -0.2) is 35.9 Å². The summed E-state index contributed by atoms with van der Waals surface area (Å²) >= 11 is 0. The molecule has 0 bridgehead atoms. The molecule has 8 nitrogen and oxygen atoms in total. The second-order valence-electron chi connectivity index (χ2n) is 2.97. The van der Waals surface area contributed by atoms with E-state index in [0.717, 1.165) is 0 Å². The normalized spacial score (nSPS) is 11.2. The van der Waals surface area contributed by atoms with Crippen molar-refractivity contribution in [3.63, 3.8) is 0 Å². The maximum Gasteiger partial charge on any atom is 0.267 e. The molecule has 0 saturated heterocycles. The van der Waals surface area contributed by atoms with E-state index >= 15 is 0 Å². The minimum atomic E-state index is -0.594. The largest absolute Gasteiger partial charge is 0.364 e. The van der Waals surface area contributed by atoms with Crippen LogP contribution in [0.15, 0.2) is 12.4 Å². The Morgan fingerprint density at radius 1 is 1.53 bits per heavy atom. The Balaban J connectivity index is 2.59. The third kappa shape index (κ3) is 0.923. The number of nitrogens with two attached hydrogens (primary N) is 1. The number of hydrogen-bond acceptors (Lipinski definition) is 5. The number of aromatic nitrogens is 6. The van der Waals surface area contributed by atoms with Gasteiger partial charge in [-0.15, -0.1) is 5.10 Å². The van der Waals surface area contributed by atoms with Crippen LogP contribution in [0.4, 0.5) is 0 Å². The first kappa shape index (κ1) is 7.85. The first-order valence-electron chi connectivity index (χ1n) is 4.11. The van der Waals surface area contributed by atoms with Crippen LogP contribution in [0.1, 0.15) is 10.5 Å². The number of pyridine rings is 1. The quantitative estimate of drug-likeness (QED) is 0.531. The lowest BCUT2D eigenvalue weighted by molar-refractivity contribution is 0.0993. The number of nitrogens with one attached hydrogen (secondary N) is 1. The molecule has 3 heterocycles. The van der Waals surface area contributed by atoms with E-state index in [1.165, 1.54) is 10.8 Å². The highest BCUT2D eigenvalue weighted by Gasteiger charge is 2.14. The highest BCUT2D eigenvalue weighted by molar-refractivity contribution is 5.98. The molecule has 0 aliphatic rings. The summed E-state index contributed by atoms with van der Waals surface area (Å²) in [5.41, 5.74) is 7.10. The number of fused-ring (bicyclic) bond motifs is 3. The van der Waals surface area contributed by atoms with Crippen LogP contribution < -0.4 is 5.73 Å². The molecule has 3 aromatic rings. The van der Waals surface area contributed by atoms with Crippen molar-refractivity contribution in [2.45, 2.75) is 0 Å². The molecule has 15 heavy (non-hydrogen) atoms. The van der Waals surface area contributed by atoms with Crippen LogP contribution in [0.25, 0.3) is 16.7 Å². The summed E-state index contributed by atoms with van der Waals surface area (Å²) < 4.78 is 1.27. The number of imidazole rings is 1. The lowest BCUT2D eigenvalue weighted by Crippen LogP contribution is -2.16. The van der Waals surface area contributed by atoms with E-state index in [-0.39, 0.29) is 5.69 Å². The maximum atomic E-state index is 11.1. The molecule has 3 aromatic heterocycles. The minimum Gasteiger partial charge on any atom is -0.364 e. The lowest BCUT2D eigenvalue weighted by atomic mass is 10.3. The van der Waals surface area contributed by atoms with E-state index in [9.17, 15) is 4.79 Å². The molecule has 74 valence electrons. The number of amides is 1. The van der Waals surface area contributed by atoms with Crippen molar-refractivity contribution in [2.75, 3.05) is 0 Å². The fourth-order valence-electron chi connectivity index (χ4n) is 1.46. The van der Waals surface area contributed by atoms with E-state index in [1.807, 2.05) is 0 Å². The van der Waals surface area contributed by atoms with Crippen LogP contribution in [0.2, 0.25) is 0 Å². The molecular weight excluding hydrogens is 198 g/mol. The monoisotopic (exact) mass is 203 g/mol. The number of rotatable bonds is 1. The molecule has 0 unspecified atom stereocenters. The zero-order valence-corrected chi connectivity index (χ0v) is 7.38. The van der Waals surface area contributed by atoms with Crippen LogP contribution >= 0.6 is 0 Å². The van der Waals surface area contributed by atoms with E-state index in [0.29, 0.717) is 16.7 Å². The van der Waals surface area contributed by atoms with Crippen molar-refractivity contribution in [1.82, 2.24) is 30.0 Å². The van der Waals surface area contributed by atoms with Gasteiger partial charge >= 0.3 is 0 Å². The molecule has 0 aliphatic heterocycles. The van der Waals surface area contributed by atoms with Crippen LogP contribution in [0.3, 0.4) is 0 Å². The van der Waals surface area contributed by atoms with Crippen molar-refractivity contribution in [1.29, 1.82) is 0 Å². The highest BCUT2D eigenvalue weighted by atomic mass is 16.1. The Morgan fingerprint density at radius 2 is 2.40 bits per heavy atom. The van der Waals surface area contributed by atoms with Gasteiger partial charge in [0.15, 0.2) is 0 Å². The van der Waals surface area contributed by atoms with Gasteiger partial charge in [0.1, 0.15) is 11.2 Å². The first-order chi connectivity index (χ1) is 7.27. The highest BCUT2D eigenvalue weighted by Crippen LogP contribution is 2.15. The number of hydrogen-bond donors (Lipinski definition) is 2. The summed E-state index contributed by atoms with van der Waals surface area (Å²) in [4.78, 5) is 18.1. The predicted molar refractivity (Wildman–Crippen MR) is 49.0 cm³/mol. The van der Waals surface area contributed by atoms with E-state index in [4.69, 9.17) is 5.73 Å². The van der Waals surface area contributed by atoms with Gasteiger partial charge in [-0.05, 0) is 16.5 Å². The molecule has 0 fully saturated rings. The Hall–Kier alpha value is -2.51. The van der Waals surface area contributed by atoms with Crippen molar-refractivity contribution in [3.05, 3.63) is 18.1 Å². The zero-order chi connectivity index (χ0) is 10.4. The van der Waals surface area contributed by atoms with Gasteiger partial charge in [-0.2, -0.15) is 4.52 Å². The Morgan fingerprint density at radius 3 is 3.20 bits per heavy atom. The molecule has 0 aromatic carbocycles. The number of primary amides is 1. The van der Waals surface area contributed by atoms with E-state index in [1.54, 1.807) is 6.07 Å². The number of carbonyl (C=O) groups is 1. The van der Waals surface area contributed by atoms with Gasteiger partial charge in [-0.1, -0.05) is 0 Å². The standard InChI is InChI=1S/C7H5N7O/c8-6(15)4-1-3-5(10-2-9-3)7-11-12-13-14(4)7/h1-2H,(H2,8,15)(H,9,10). The summed E-state index contributed by atoms with van der Waals surface area (Å²) in [6, 6.07) is 1.56. The third-order valence-corrected chi connectivity index (χ3v) is 2.11. The van der Waals surface area contributed by atoms with Crippen molar-refractivity contribution >= 4 is 22.6 Å². The molecule has 0 atom stereocenters. The SMILES string of the molecule is NC(=O)c1cc2[nH]cnc2c2nnnn12. The number of carbonyl (C=O) groups excluding carboxylic acids is 1. The molecular formula is C7H5N7O. The fourth-order valence-corrected chi connectivity index (χ4v) is 1.46. The summed E-state index contributed by atoms with van der Waals surface area (Å²) in [6.45, 7) is 0. The van der Waals surface area contributed by atoms with Crippen molar-refractivity contribution in [2.24, 2.45) is 5.73 Å². The van der Waals surface area contributed by atoms with E-state index in [2.05, 4.69) is 25.5 Å². The average molecular weight is 203 g/mol. The van der Waals surface area contributed by atoms with Gasteiger partial charge in [0.05, 0.1) is 11.8 Å². The van der Waals surface area contributed by atoms with Crippen LogP contribution in [0, 0.1) is 0 Å². The van der Waals surface area contributed by atoms with E-state index < -0.39 is 5.91 Å². The summed E-state index contributed by atoms with van der Waals surface area (Å²) in [5.74, 6) is -0.594. The molecule has 1 amide bonds. The maximum absolute atomic E-state index is 11.1. The number of tetrazole rings is 1. The first-order valence-corrected chi connectivity index (χ1v) is 4.11. The average Bonchev–Trinajstić information content (AvgIpc) is 2.83. The molecule has 0 saturated carbocycles. The number of aromatic amines is 1. The number of H-pyrrole nitrogens is 1. The third-order valence-electron chi connectivity index (χ3n) is 2.11. The zero-order valence-electron chi connectivity index (χ0n) is 7.38. The van der Waals surface area contributed by atoms with Gasteiger partial charge in [0.2, 0.25) is 5.65 Å². The molecule has 0 radical (unpaired) electrons. The van der Waals surface area contributed by atoms with Crippen molar-refractivity contribution in [3.8, 4) is 0 Å². The molecule has 3 N–H and O–H groups in total. The summed E-state index contributed by atoms with van der Waals surface area (Å²) in [6.07, 6.45) is 1.50. The van der Waals surface area contributed by atoms with Gasteiger partial charge in [0.25, 0.3) is 5.91 Å². The van der Waals surface area contributed by atoms with Crippen molar-refractivity contribution < 1.29 is 4.79 Å². The van der Waals surface area contributed by atoms with Gasteiger partial charge < -0.3 is 10.7 Å². The number of nitrogens with zero attached hydrogens (tertiary/aromatic N) is 5. The minimum absolute atomic E-state index is 0.215. The predicted octanol–water partition coefficient (Wildman–Crippen LogP) is -0.901. The summed E-state index contributed by atoms with van der Waals surface area (Å²) in [5, 5.41) is 10.9. The molecule has 0 spiro atoms. The second-order valence-corrected chi connectivity index (χ2v) is 2.97. The van der Waals surface area contributed by atoms with Crippen LogP contribution in [-0.2, 0) is 0 Å². The fraction of sp³-hybridized carbons (Fsp3) is 0. The Bertz CT molecular complexity index is 666. The van der Waals surface area contributed by atoms with Gasteiger partial charge in [0, 0.05) is 0 Å². The topological polar surface area (TPSA) is 115 Å². The Kier molecular flexibility index (Phi) is 1.31. The second kappa shape index (κ2) is 2.50. The molecule has 0 aliphatic carbocycles. The van der Waals surface area contributed by atoms with Crippen LogP contribution in [0.5, 0.6) is 0 Å². The van der Waals surface area contributed by atoms with Gasteiger partial charge in [-0.25, -0.2) is 4.98 Å².